The van der Waals surface area contributed by atoms with E-state index in [1.165, 1.54) is 6.07 Å². The molecule has 22 heavy (non-hydrogen) atoms. The van der Waals surface area contributed by atoms with Gasteiger partial charge in [-0.25, -0.2) is 8.78 Å². The molecule has 0 aromatic heterocycles. The number of carbonyl (C=O) groups excluding carboxylic acids is 1. The average molecular weight is 312 g/mol. The van der Waals surface area contributed by atoms with Gasteiger partial charge in [-0.05, 0) is 37.5 Å². The summed E-state index contributed by atoms with van der Waals surface area (Å²) < 4.78 is 26.2. The first-order valence-corrected chi connectivity index (χ1v) is 7.53. The molecule has 1 fully saturated rings. The quantitative estimate of drug-likeness (QED) is 0.894. The van der Waals surface area contributed by atoms with E-state index >= 15 is 0 Å². The molecular formula is C16H22F2N2O2. The van der Waals surface area contributed by atoms with Crippen molar-refractivity contribution in [3.05, 3.63) is 35.4 Å². The van der Waals surface area contributed by atoms with Crippen LogP contribution in [0.4, 0.5) is 8.78 Å². The summed E-state index contributed by atoms with van der Waals surface area (Å²) in [6, 6.07) is 3.34. The topological polar surface area (TPSA) is 52.6 Å². The summed E-state index contributed by atoms with van der Waals surface area (Å²) in [5, 5.41) is 13.6. The highest BCUT2D eigenvalue weighted by Gasteiger charge is 2.25. The molecule has 0 spiro atoms. The molecule has 2 rings (SSSR count). The lowest BCUT2D eigenvalue weighted by atomic mass is 9.99. The van der Waals surface area contributed by atoms with Gasteiger partial charge in [-0.3, -0.25) is 4.79 Å². The van der Waals surface area contributed by atoms with Crippen LogP contribution in [-0.2, 0) is 4.79 Å². The Labute approximate surface area is 129 Å². The van der Waals surface area contributed by atoms with Gasteiger partial charge in [-0.2, -0.15) is 0 Å². The van der Waals surface area contributed by atoms with Crippen molar-refractivity contribution < 1.29 is 18.7 Å². The molecule has 1 aliphatic rings. The highest BCUT2D eigenvalue weighted by Crippen LogP contribution is 2.21. The Morgan fingerprint density at radius 2 is 1.95 bits per heavy atom. The molecule has 1 amide bonds. The van der Waals surface area contributed by atoms with Gasteiger partial charge in [0, 0.05) is 32.1 Å². The number of aliphatic hydroxyl groups excluding tert-OH is 1. The fourth-order valence-electron chi connectivity index (χ4n) is 2.81. The zero-order chi connectivity index (χ0) is 16.3. The molecule has 1 aromatic carbocycles. The van der Waals surface area contributed by atoms with Crippen LogP contribution in [0.2, 0.25) is 0 Å². The minimum Gasteiger partial charge on any atom is -0.387 e. The number of benzene rings is 1. The fraction of sp³-hybridized carbons (Fsp3) is 0.562. The molecular weight excluding hydrogens is 290 g/mol. The van der Waals surface area contributed by atoms with Crippen molar-refractivity contribution in [2.75, 3.05) is 13.1 Å². The van der Waals surface area contributed by atoms with E-state index in [-0.39, 0.29) is 18.0 Å². The number of nitrogens with zero attached hydrogens (tertiary/aromatic N) is 1. The first-order chi connectivity index (χ1) is 10.4. The molecule has 1 aliphatic heterocycles. The van der Waals surface area contributed by atoms with Gasteiger partial charge in [0.15, 0.2) is 11.6 Å². The number of likely N-dealkylation sites (tertiary alicyclic amines) is 1. The maximum atomic E-state index is 13.2. The summed E-state index contributed by atoms with van der Waals surface area (Å²) in [6.07, 6.45) is 0.712. The van der Waals surface area contributed by atoms with Crippen LogP contribution in [0, 0.1) is 11.6 Å². The van der Waals surface area contributed by atoms with Gasteiger partial charge in [0.25, 0.3) is 0 Å². The van der Waals surface area contributed by atoms with Gasteiger partial charge in [0.2, 0.25) is 5.91 Å². The molecule has 1 heterocycles. The number of hydrogen-bond acceptors (Lipinski definition) is 3. The highest BCUT2D eigenvalue weighted by atomic mass is 19.2. The lowest BCUT2D eigenvalue weighted by Crippen LogP contribution is -2.48. The molecule has 4 nitrogen and oxygen atoms in total. The van der Waals surface area contributed by atoms with Crippen molar-refractivity contribution >= 4 is 5.91 Å². The van der Waals surface area contributed by atoms with Gasteiger partial charge >= 0.3 is 0 Å². The second-order valence-electron chi connectivity index (χ2n) is 5.85. The Bertz CT molecular complexity index is 531. The summed E-state index contributed by atoms with van der Waals surface area (Å²) >= 11 is 0. The van der Waals surface area contributed by atoms with Crippen LogP contribution in [0.1, 0.15) is 38.4 Å². The van der Waals surface area contributed by atoms with Crippen molar-refractivity contribution in [1.82, 2.24) is 10.2 Å². The van der Waals surface area contributed by atoms with E-state index in [0.29, 0.717) is 18.7 Å². The third-order valence-electron chi connectivity index (χ3n) is 4.20. The number of nitrogens with one attached hydrogen (secondary N) is 1. The third kappa shape index (κ3) is 4.01. The number of piperidine rings is 1. The number of rotatable bonds is 4. The van der Waals surface area contributed by atoms with Crippen LogP contribution < -0.4 is 5.32 Å². The van der Waals surface area contributed by atoms with E-state index in [1.54, 1.807) is 11.8 Å². The van der Waals surface area contributed by atoms with E-state index in [9.17, 15) is 18.7 Å². The minimum atomic E-state index is -0.960. The molecule has 2 unspecified atom stereocenters. The summed E-state index contributed by atoms with van der Waals surface area (Å²) in [5.41, 5.74) is 0.347. The molecule has 1 aromatic rings. The van der Waals surface area contributed by atoms with Gasteiger partial charge in [-0.1, -0.05) is 6.07 Å². The zero-order valence-electron chi connectivity index (χ0n) is 12.9. The smallest absolute Gasteiger partial charge is 0.219 e. The van der Waals surface area contributed by atoms with Crippen LogP contribution in [-0.4, -0.2) is 41.1 Å². The molecule has 2 N–H and O–H groups in total. The lowest BCUT2D eigenvalue weighted by Gasteiger charge is -2.34. The number of hydrogen-bond donors (Lipinski definition) is 2. The van der Waals surface area contributed by atoms with Crippen LogP contribution >= 0.6 is 0 Å². The third-order valence-corrected chi connectivity index (χ3v) is 4.20. The minimum absolute atomic E-state index is 0.0771. The average Bonchev–Trinajstić information content (AvgIpc) is 2.49. The lowest BCUT2D eigenvalue weighted by molar-refractivity contribution is -0.129. The molecule has 0 bridgehead atoms. The van der Waals surface area contributed by atoms with Gasteiger partial charge < -0.3 is 15.3 Å². The zero-order valence-corrected chi connectivity index (χ0v) is 12.9. The Kier molecular flexibility index (Phi) is 5.47. The van der Waals surface area contributed by atoms with Crippen molar-refractivity contribution in [3.63, 3.8) is 0 Å². The SMILES string of the molecule is CC(=O)N1CCC(NC(C)C(O)c2ccc(F)c(F)c2)CC1. The predicted octanol–water partition coefficient (Wildman–Crippen LogP) is 1.99. The summed E-state index contributed by atoms with van der Waals surface area (Å²) in [4.78, 5) is 13.1. The number of halogens is 2. The van der Waals surface area contributed by atoms with Crippen molar-refractivity contribution in [2.45, 2.75) is 44.9 Å². The van der Waals surface area contributed by atoms with E-state index in [0.717, 1.165) is 25.0 Å². The van der Waals surface area contributed by atoms with E-state index < -0.39 is 17.7 Å². The maximum Gasteiger partial charge on any atom is 0.219 e. The van der Waals surface area contributed by atoms with Crippen LogP contribution in [0.15, 0.2) is 18.2 Å². The summed E-state index contributed by atoms with van der Waals surface area (Å²) in [6.45, 7) is 4.76. The van der Waals surface area contributed by atoms with Gasteiger partial charge in [0.1, 0.15) is 0 Å². The summed E-state index contributed by atoms with van der Waals surface area (Å²) in [5.74, 6) is -1.81. The van der Waals surface area contributed by atoms with E-state index in [2.05, 4.69) is 5.32 Å². The molecule has 6 heteroatoms. The molecule has 2 atom stereocenters. The van der Waals surface area contributed by atoms with Crippen LogP contribution in [0.5, 0.6) is 0 Å². The van der Waals surface area contributed by atoms with Crippen molar-refractivity contribution in [1.29, 1.82) is 0 Å². The Balaban J connectivity index is 1.90. The molecule has 0 radical (unpaired) electrons. The van der Waals surface area contributed by atoms with Crippen LogP contribution in [0.3, 0.4) is 0 Å². The maximum absolute atomic E-state index is 13.2. The van der Waals surface area contributed by atoms with Gasteiger partial charge in [0.05, 0.1) is 6.10 Å². The fourth-order valence-corrected chi connectivity index (χ4v) is 2.81. The van der Waals surface area contributed by atoms with Gasteiger partial charge in [-0.15, -0.1) is 0 Å². The van der Waals surface area contributed by atoms with Crippen molar-refractivity contribution in [3.8, 4) is 0 Å². The molecule has 0 aliphatic carbocycles. The number of carbonyl (C=O) groups is 1. The first kappa shape index (κ1) is 16.8. The second-order valence-corrected chi connectivity index (χ2v) is 5.85. The summed E-state index contributed by atoms with van der Waals surface area (Å²) in [7, 11) is 0. The Hall–Kier alpha value is -1.53. The highest BCUT2D eigenvalue weighted by molar-refractivity contribution is 5.73. The standard InChI is InChI=1S/C16H22F2N2O2/c1-10(16(22)12-3-4-14(17)15(18)9-12)19-13-5-7-20(8-6-13)11(2)21/h3-4,9-10,13,16,19,22H,5-8H2,1-2H3. The van der Waals surface area contributed by atoms with Crippen LogP contribution in [0.25, 0.3) is 0 Å². The first-order valence-electron chi connectivity index (χ1n) is 7.53. The molecule has 0 saturated carbocycles. The molecule has 122 valence electrons. The molecule has 1 saturated heterocycles. The Morgan fingerprint density at radius 1 is 1.32 bits per heavy atom. The monoisotopic (exact) mass is 312 g/mol. The largest absolute Gasteiger partial charge is 0.387 e. The second kappa shape index (κ2) is 7.15. The van der Waals surface area contributed by atoms with Crippen molar-refractivity contribution in [2.24, 2.45) is 0 Å². The number of amides is 1. The normalized spacial score (nSPS) is 19.0. The van der Waals surface area contributed by atoms with E-state index in [4.69, 9.17) is 0 Å². The number of aliphatic hydroxyl groups is 1. The van der Waals surface area contributed by atoms with E-state index in [1.807, 2.05) is 6.92 Å². The Morgan fingerprint density at radius 3 is 2.50 bits per heavy atom. The predicted molar refractivity (Wildman–Crippen MR) is 79.2 cm³/mol.